The fraction of sp³-hybridized carbons (Fsp3) is 0.250. The summed E-state index contributed by atoms with van der Waals surface area (Å²) in [6.07, 6.45) is 0.468. The van der Waals surface area contributed by atoms with Crippen LogP contribution in [0.1, 0.15) is 28.7 Å². The van der Waals surface area contributed by atoms with Crippen LogP contribution < -0.4 is 4.74 Å². The van der Waals surface area contributed by atoms with E-state index in [1.807, 2.05) is 31.2 Å². The minimum Gasteiger partial charge on any atom is -0.484 e. The zero-order valence-corrected chi connectivity index (χ0v) is 15.6. The number of ketones is 1. The maximum Gasteiger partial charge on any atom is 0.260 e. The molecular weight excluding hydrogens is 348 g/mol. The summed E-state index contributed by atoms with van der Waals surface area (Å²) in [4.78, 5) is 30.0. The first-order valence-electron chi connectivity index (χ1n) is 8.41. The minimum atomic E-state index is -0.127. The summed E-state index contributed by atoms with van der Waals surface area (Å²) in [7, 11) is 1.74. The van der Waals surface area contributed by atoms with E-state index in [-0.39, 0.29) is 18.3 Å². The average Bonchev–Trinajstić information content (AvgIpc) is 3.08. The van der Waals surface area contributed by atoms with Crippen LogP contribution in [0.3, 0.4) is 0 Å². The lowest BCUT2D eigenvalue weighted by Crippen LogP contribution is -2.30. The number of likely N-dealkylation sites (N-methyl/N-ethyl adjacent to an activating group) is 1. The van der Waals surface area contributed by atoms with Crippen LogP contribution in [-0.2, 0) is 11.3 Å². The van der Waals surface area contributed by atoms with Gasteiger partial charge in [-0.15, -0.1) is 11.3 Å². The van der Waals surface area contributed by atoms with Crippen molar-refractivity contribution in [2.45, 2.75) is 19.9 Å². The van der Waals surface area contributed by atoms with Gasteiger partial charge in [0.15, 0.2) is 12.4 Å². The molecule has 0 saturated heterocycles. The number of carbonyl (C=O) groups is 2. The second kappa shape index (κ2) is 8.10. The van der Waals surface area contributed by atoms with Crippen LogP contribution in [0.5, 0.6) is 5.75 Å². The Balaban J connectivity index is 1.54. The van der Waals surface area contributed by atoms with Crippen molar-refractivity contribution in [3.05, 3.63) is 59.1 Å². The second-order valence-corrected chi connectivity index (χ2v) is 7.03. The van der Waals surface area contributed by atoms with Gasteiger partial charge in [-0.2, -0.15) is 0 Å². The zero-order chi connectivity index (χ0) is 18.5. The van der Waals surface area contributed by atoms with Crippen LogP contribution in [0.25, 0.3) is 10.2 Å². The van der Waals surface area contributed by atoms with Crippen molar-refractivity contribution >= 4 is 33.2 Å². The van der Waals surface area contributed by atoms with Gasteiger partial charge in [0.2, 0.25) is 0 Å². The van der Waals surface area contributed by atoms with Crippen molar-refractivity contribution in [1.82, 2.24) is 9.88 Å². The van der Waals surface area contributed by atoms with E-state index in [1.165, 1.54) is 0 Å². The number of nitrogens with zero attached hydrogens (tertiary/aromatic N) is 2. The molecule has 1 aromatic heterocycles. The molecule has 1 heterocycles. The molecule has 134 valence electrons. The van der Waals surface area contributed by atoms with Crippen molar-refractivity contribution in [2.24, 2.45) is 0 Å². The summed E-state index contributed by atoms with van der Waals surface area (Å²) in [6.45, 7) is 2.22. The van der Waals surface area contributed by atoms with Crippen molar-refractivity contribution in [2.75, 3.05) is 13.7 Å². The molecule has 0 saturated carbocycles. The summed E-state index contributed by atoms with van der Waals surface area (Å²) in [5, 5.41) is 0.893. The van der Waals surface area contributed by atoms with Crippen LogP contribution in [0.2, 0.25) is 0 Å². The number of Topliss-reactive ketones (excluding diaryl/α,β-unsaturated/α-hetero) is 1. The van der Waals surface area contributed by atoms with Gasteiger partial charge in [-0.05, 0) is 36.4 Å². The van der Waals surface area contributed by atoms with E-state index in [4.69, 9.17) is 4.74 Å². The Labute approximate surface area is 156 Å². The first-order valence-corrected chi connectivity index (χ1v) is 9.23. The Morgan fingerprint density at radius 1 is 1.12 bits per heavy atom. The molecule has 0 spiro atoms. The molecule has 0 N–H and O–H groups in total. The number of benzene rings is 2. The molecule has 5 nitrogen and oxygen atoms in total. The lowest BCUT2D eigenvalue weighted by Gasteiger charge is -2.16. The van der Waals surface area contributed by atoms with Crippen molar-refractivity contribution in [3.8, 4) is 5.75 Å². The van der Waals surface area contributed by atoms with Crippen LogP contribution in [0.4, 0.5) is 0 Å². The second-order valence-electron chi connectivity index (χ2n) is 5.91. The molecule has 3 aromatic rings. The maximum atomic E-state index is 12.3. The number of thiazole rings is 1. The standard InChI is InChI=1S/C20H20N2O3S/c1-3-17(23)14-8-10-15(11-9-14)25-13-20(24)22(2)12-19-21-16-6-4-5-7-18(16)26-19/h4-11H,3,12-13H2,1-2H3. The van der Waals surface area contributed by atoms with E-state index >= 15 is 0 Å². The first kappa shape index (κ1) is 18.1. The Morgan fingerprint density at radius 3 is 2.54 bits per heavy atom. The predicted molar refractivity (Wildman–Crippen MR) is 103 cm³/mol. The molecule has 0 bridgehead atoms. The average molecular weight is 368 g/mol. The molecule has 6 heteroatoms. The van der Waals surface area contributed by atoms with E-state index in [1.54, 1.807) is 47.5 Å². The molecule has 26 heavy (non-hydrogen) atoms. The Hall–Kier alpha value is -2.73. The summed E-state index contributed by atoms with van der Waals surface area (Å²) in [5.74, 6) is 0.528. The Bertz CT molecular complexity index is 885. The van der Waals surface area contributed by atoms with Gasteiger partial charge in [0.1, 0.15) is 10.8 Å². The van der Waals surface area contributed by atoms with Gasteiger partial charge in [0.05, 0.1) is 16.8 Å². The number of fused-ring (bicyclic) bond motifs is 1. The normalized spacial score (nSPS) is 10.7. The third-order valence-corrected chi connectivity index (χ3v) is 5.02. The van der Waals surface area contributed by atoms with Gasteiger partial charge in [-0.25, -0.2) is 4.98 Å². The van der Waals surface area contributed by atoms with E-state index in [0.29, 0.717) is 24.3 Å². The smallest absolute Gasteiger partial charge is 0.260 e. The summed E-state index contributed by atoms with van der Waals surface area (Å²) >= 11 is 1.59. The van der Waals surface area contributed by atoms with Gasteiger partial charge in [0.25, 0.3) is 5.91 Å². The minimum absolute atomic E-state index is 0.0531. The van der Waals surface area contributed by atoms with Gasteiger partial charge in [0, 0.05) is 19.0 Å². The number of ether oxygens (including phenoxy) is 1. The molecule has 0 unspecified atom stereocenters. The first-order chi connectivity index (χ1) is 12.6. The Morgan fingerprint density at radius 2 is 1.85 bits per heavy atom. The largest absolute Gasteiger partial charge is 0.484 e. The molecule has 2 aromatic carbocycles. The predicted octanol–water partition coefficient (Wildman–Crippen LogP) is 3.93. The summed E-state index contributed by atoms with van der Waals surface area (Å²) < 4.78 is 6.65. The van der Waals surface area contributed by atoms with Crippen molar-refractivity contribution in [1.29, 1.82) is 0 Å². The molecule has 0 atom stereocenters. The van der Waals surface area contributed by atoms with Gasteiger partial charge < -0.3 is 9.64 Å². The number of aromatic nitrogens is 1. The van der Waals surface area contributed by atoms with E-state index in [0.717, 1.165) is 15.2 Å². The van der Waals surface area contributed by atoms with Crippen molar-refractivity contribution < 1.29 is 14.3 Å². The highest BCUT2D eigenvalue weighted by molar-refractivity contribution is 7.18. The fourth-order valence-corrected chi connectivity index (χ4v) is 3.50. The fourth-order valence-electron chi connectivity index (χ4n) is 2.48. The van der Waals surface area contributed by atoms with E-state index < -0.39 is 0 Å². The SMILES string of the molecule is CCC(=O)c1ccc(OCC(=O)N(C)Cc2nc3ccccc3s2)cc1. The highest BCUT2D eigenvalue weighted by Crippen LogP contribution is 2.22. The number of para-hydroxylation sites is 1. The highest BCUT2D eigenvalue weighted by Gasteiger charge is 2.13. The quantitative estimate of drug-likeness (QED) is 0.593. The van der Waals surface area contributed by atoms with Crippen LogP contribution in [-0.4, -0.2) is 35.2 Å². The number of carbonyl (C=O) groups excluding carboxylic acids is 2. The third kappa shape index (κ3) is 4.26. The van der Waals surface area contributed by atoms with Crippen LogP contribution in [0.15, 0.2) is 48.5 Å². The van der Waals surface area contributed by atoms with E-state index in [9.17, 15) is 9.59 Å². The monoisotopic (exact) mass is 368 g/mol. The van der Waals surface area contributed by atoms with E-state index in [2.05, 4.69) is 4.98 Å². The number of rotatable bonds is 7. The number of amides is 1. The van der Waals surface area contributed by atoms with Crippen molar-refractivity contribution in [3.63, 3.8) is 0 Å². The molecule has 0 radical (unpaired) electrons. The van der Waals surface area contributed by atoms with Gasteiger partial charge >= 0.3 is 0 Å². The molecule has 1 amide bonds. The molecule has 0 aliphatic carbocycles. The maximum absolute atomic E-state index is 12.3. The van der Waals surface area contributed by atoms with Gasteiger partial charge in [-0.1, -0.05) is 19.1 Å². The molecule has 0 aliphatic heterocycles. The lowest BCUT2D eigenvalue weighted by atomic mass is 10.1. The summed E-state index contributed by atoms with van der Waals surface area (Å²) in [6, 6.07) is 14.8. The lowest BCUT2D eigenvalue weighted by molar-refractivity contribution is -0.132. The third-order valence-electron chi connectivity index (χ3n) is 4.00. The topological polar surface area (TPSA) is 59.5 Å². The number of hydrogen-bond donors (Lipinski definition) is 0. The van der Waals surface area contributed by atoms with Crippen LogP contribution >= 0.6 is 11.3 Å². The highest BCUT2D eigenvalue weighted by atomic mass is 32.1. The molecule has 0 aliphatic rings. The molecule has 0 fully saturated rings. The van der Waals surface area contributed by atoms with Gasteiger partial charge in [-0.3, -0.25) is 9.59 Å². The molecular formula is C20H20N2O3S. The zero-order valence-electron chi connectivity index (χ0n) is 14.8. The van der Waals surface area contributed by atoms with Crippen LogP contribution in [0, 0.1) is 0 Å². The molecule has 3 rings (SSSR count). The Kier molecular flexibility index (Phi) is 5.63. The number of hydrogen-bond acceptors (Lipinski definition) is 5. The summed E-state index contributed by atoms with van der Waals surface area (Å²) in [5.41, 5.74) is 1.60.